The molecule has 0 fully saturated rings. The second kappa shape index (κ2) is 4.84. The summed E-state index contributed by atoms with van der Waals surface area (Å²) in [6, 6.07) is 3.94. The smallest absolute Gasteiger partial charge is 0.222 e. The molecule has 0 aliphatic carbocycles. The minimum atomic E-state index is 0.422. The molecule has 0 aromatic carbocycles. The normalized spacial score (nSPS) is 10.6. The van der Waals surface area contributed by atoms with Crippen LogP contribution in [0.4, 0.5) is 5.95 Å². The van der Waals surface area contributed by atoms with Gasteiger partial charge in [-0.05, 0) is 28.1 Å². The van der Waals surface area contributed by atoms with Crippen LogP contribution in [0.25, 0.3) is 0 Å². The van der Waals surface area contributed by atoms with Crippen LogP contribution in [0.2, 0.25) is 0 Å². The molecule has 2 N–H and O–H groups in total. The fourth-order valence-electron chi connectivity index (χ4n) is 1.08. The Bertz CT molecular complexity index is 481. The van der Waals surface area contributed by atoms with Gasteiger partial charge in [-0.15, -0.1) is 10.2 Å². The third-order valence-corrected chi connectivity index (χ3v) is 3.53. The average Bonchev–Trinajstić information content (AvgIpc) is 2.60. The van der Waals surface area contributed by atoms with Crippen LogP contribution in [0, 0.1) is 0 Å². The van der Waals surface area contributed by atoms with Gasteiger partial charge in [-0.3, -0.25) is 9.55 Å². The van der Waals surface area contributed by atoms with Crippen LogP contribution in [0.5, 0.6) is 0 Å². The molecule has 2 aromatic heterocycles. The van der Waals surface area contributed by atoms with E-state index in [0.29, 0.717) is 5.95 Å². The van der Waals surface area contributed by atoms with Gasteiger partial charge in [-0.25, -0.2) is 0 Å². The maximum absolute atomic E-state index is 5.58. The highest BCUT2D eigenvalue weighted by Crippen LogP contribution is 2.21. The second-order valence-corrected chi connectivity index (χ2v) is 5.01. The molecule has 0 atom stereocenters. The van der Waals surface area contributed by atoms with E-state index in [-0.39, 0.29) is 0 Å². The van der Waals surface area contributed by atoms with E-state index in [4.69, 9.17) is 5.73 Å². The summed E-state index contributed by atoms with van der Waals surface area (Å²) in [5, 5.41) is 8.54. The van der Waals surface area contributed by atoms with Gasteiger partial charge in [0.05, 0.1) is 5.69 Å². The van der Waals surface area contributed by atoms with Crippen LogP contribution in [-0.2, 0) is 12.8 Å². The van der Waals surface area contributed by atoms with Crippen LogP contribution < -0.4 is 5.73 Å². The van der Waals surface area contributed by atoms with E-state index in [1.54, 1.807) is 22.5 Å². The molecule has 0 aliphatic rings. The molecular formula is C9H10BrN5S. The number of halogens is 1. The first kappa shape index (κ1) is 11.4. The number of hydrogen-bond acceptors (Lipinski definition) is 5. The van der Waals surface area contributed by atoms with Crippen LogP contribution in [0.15, 0.2) is 28.0 Å². The number of rotatable bonds is 3. The average molecular weight is 300 g/mol. The summed E-state index contributed by atoms with van der Waals surface area (Å²) in [6.07, 6.45) is 1.78. The topological polar surface area (TPSA) is 69.6 Å². The number of pyridine rings is 1. The van der Waals surface area contributed by atoms with E-state index in [0.717, 1.165) is 21.1 Å². The largest absolute Gasteiger partial charge is 0.368 e. The predicted octanol–water partition coefficient (Wildman–Crippen LogP) is 1.85. The van der Waals surface area contributed by atoms with Crippen LogP contribution in [-0.4, -0.2) is 19.7 Å². The Balaban J connectivity index is 2.02. The van der Waals surface area contributed by atoms with Gasteiger partial charge < -0.3 is 5.73 Å². The van der Waals surface area contributed by atoms with Crippen molar-refractivity contribution in [2.24, 2.45) is 7.05 Å². The molecule has 2 rings (SSSR count). The second-order valence-electron chi connectivity index (χ2n) is 3.16. The maximum atomic E-state index is 5.58. The lowest BCUT2D eigenvalue weighted by atomic mass is 10.4. The quantitative estimate of drug-likeness (QED) is 0.876. The van der Waals surface area contributed by atoms with Crippen LogP contribution >= 0.6 is 27.7 Å². The van der Waals surface area contributed by atoms with Crippen molar-refractivity contribution in [1.82, 2.24) is 19.7 Å². The summed E-state index contributed by atoms with van der Waals surface area (Å²) < 4.78 is 2.73. The fourth-order valence-corrected chi connectivity index (χ4v) is 2.15. The monoisotopic (exact) mass is 299 g/mol. The van der Waals surface area contributed by atoms with E-state index >= 15 is 0 Å². The highest BCUT2D eigenvalue weighted by molar-refractivity contribution is 9.10. The standard InChI is InChI=1S/C9H10BrN5S/c1-15-8(11)13-14-9(15)16-5-7-3-2-6(10)4-12-7/h2-4H,5H2,1H3,(H2,11,13). The molecule has 0 amide bonds. The summed E-state index contributed by atoms with van der Waals surface area (Å²) in [4.78, 5) is 4.27. The number of thioether (sulfide) groups is 1. The van der Waals surface area contributed by atoms with Gasteiger partial charge in [0.2, 0.25) is 5.95 Å². The molecule has 0 saturated carbocycles. The highest BCUT2D eigenvalue weighted by atomic mass is 79.9. The molecule has 7 heteroatoms. The first-order valence-electron chi connectivity index (χ1n) is 4.55. The molecule has 0 radical (unpaired) electrons. The molecule has 16 heavy (non-hydrogen) atoms. The van der Waals surface area contributed by atoms with E-state index in [1.807, 2.05) is 19.2 Å². The first-order chi connectivity index (χ1) is 7.66. The summed E-state index contributed by atoms with van der Waals surface area (Å²) in [6.45, 7) is 0. The Morgan fingerprint density at radius 1 is 1.44 bits per heavy atom. The Hall–Kier alpha value is -1.08. The van der Waals surface area contributed by atoms with Crippen LogP contribution in [0.1, 0.15) is 5.69 Å². The van der Waals surface area contributed by atoms with Gasteiger partial charge in [0.1, 0.15) is 0 Å². The van der Waals surface area contributed by atoms with Crippen molar-refractivity contribution in [2.45, 2.75) is 10.9 Å². The number of anilines is 1. The Morgan fingerprint density at radius 2 is 2.25 bits per heavy atom. The lowest BCUT2D eigenvalue weighted by Gasteiger charge is -2.01. The summed E-state index contributed by atoms with van der Waals surface area (Å²) >= 11 is 4.90. The minimum Gasteiger partial charge on any atom is -0.368 e. The molecule has 0 saturated heterocycles. The lowest BCUT2D eigenvalue weighted by molar-refractivity contribution is 0.795. The van der Waals surface area contributed by atoms with Crippen molar-refractivity contribution in [3.63, 3.8) is 0 Å². The number of hydrogen-bond donors (Lipinski definition) is 1. The first-order valence-corrected chi connectivity index (χ1v) is 6.33. The van der Waals surface area contributed by atoms with Crippen molar-refractivity contribution < 1.29 is 0 Å². The fraction of sp³-hybridized carbons (Fsp3) is 0.222. The van der Waals surface area contributed by atoms with E-state index in [9.17, 15) is 0 Å². The van der Waals surface area contributed by atoms with E-state index in [2.05, 4.69) is 31.1 Å². The van der Waals surface area contributed by atoms with Gasteiger partial charge in [0.25, 0.3) is 0 Å². The highest BCUT2D eigenvalue weighted by Gasteiger charge is 2.06. The number of nitrogens with two attached hydrogens (primary N) is 1. The van der Waals surface area contributed by atoms with Gasteiger partial charge in [-0.2, -0.15) is 0 Å². The number of nitrogens with zero attached hydrogens (tertiary/aromatic N) is 4. The van der Waals surface area contributed by atoms with E-state index < -0.39 is 0 Å². The van der Waals surface area contributed by atoms with Crippen molar-refractivity contribution in [1.29, 1.82) is 0 Å². The molecule has 2 heterocycles. The Kier molecular flexibility index (Phi) is 3.45. The summed E-state index contributed by atoms with van der Waals surface area (Å²) in [5.41, 5.74) is 6.58. The van der Waals surface area contributed by atoms with Gasteiger partial charge in [0, 0.05) is 23.5 Å². The zero-order valence-corrected chi connectivity index (χ0v) is 11.0. The summed E-state index contributed by atoms with van der Waals surface area (Å²) in [7, 11) is 1.84. The van der Waals surface area contributed by atoms with Crippen molar-refractivity contribution in [3.8, 4) is 0 Å². The third kappa shape index (κ3) is 2.53. The third-order valence-electron chi connectivity index (χ3n) is 2.01. The molecule has 2 aromatic rings. The molecule has 0 unspecified atom stereocenters. The maximum Gasteiger partial charge on any atom is 0.222 e. The zero-order chi connectivity index (χ0) is 11.5. The van der Waals surface area contributed by atoms with E-state index in [1.165, 1.54) is 0 Å². The Labute approximate surface area is 106 Å². The number of nitrogen functional groups attached to an aromatic ring is 1. The van der Waals surface area contributed by atoms with Gasteiger partial charge in [-0.1, -0.05) is 11.8 Å². The zero-order valence-electron chi connectivity index (χ0n) is 8.59. The number of aromatic nitrogens is 4. The predicted molar refractivity (Wildman–Crippen MR) is 66.9 cm³/mol. The molecule has 0 spiro atoms. The minimum absolute atomic E-state index is 0.422. The molecule has 5 nitrogen and oxygen atoms in total. The Morgan fingerprint density at radius 3 is 2.81 bits per heavy atom. The van der Waals surface area contributed by atoms with Crippen molar-refractivity contribution in [3.05, 3.63) is 28.5 Å². The van der Waals surface area contributed by atoms with Gasteiger partial charge >= 0.3 is 0 Å². The molecule has 0 aliphatic heterocycles. The molecular weight excluding hydrogens is 290 g/mol. The molecule has 84 valence electrons. The lowest BCUT2D eigenvalue weighted by Crippen LogP contribution is -1.98. The van der Waals surface area contributed by atoms with Crippen molar-refractivity contribution in [2.75, 3.05) is 5.73 Å². The summed E-state index contributed by atoms with van der Waals surface area (Å²) in [5.74, 6) is 1.17. The molecule has 0 bridgehead atoms. The van der Waals surface area contributed by atoms with Gasteiger partial charge in [0.15, 0.2) is 5.16 Å². The van der Waals surface area contributed by atoms with Crippen molar-refractivity contribution >= 4 is 33.6 Å². The van der Waals surface area contributed by atoms with Crippen LogP contribution in [0.3, 0.4) is 0 Å². The SMILES string of the molecule is Cn1c(N)nnc1SCc1ccc(Br)cn1.